The molecule has 0 saturated heterocycles. The third-order valence-corrected chi connectivity index (χ3v) is 4.43. The van der Waals surface area contributed by atoms with Gasteiger partial charge in [-0.1, -0.05) is 0 Å². The highest BCUT2D eigenvalue weighted by Crippen LogP contribution is 2.35. The maximum Gasteiger partial charge on any atom is 0.416 e. The fourth-order valence-corrected chi connectivity index (χ4v) is 2.83. The number of hydrogen-bond donors (Lipinski definition) is 1. The molecule has 10 heteroatoms. The molecule has 0 saturated carbocycles. The van der Waals surface area contributed by atoms with Crippen LogP contribution in [0.4, 0.5) is 23.2 Å². The number of nitrogens with one attached hydrogen (secondary N) is 1. The van der Waals surface area contributed by atoms with Gasteiger partial charge in [-0.15, -0.1) is 0 Å². The van der Waals surface area contributed by atoms with E-state index in [4.69, 9.17) is 9.47 Å². The van der Waals surface area contributed by atoms with Gasteiger partial charge in [-0.3, -0.25) is 4.79 Å². The first-order chi connectivity index (χ1) is 14.7. The van der Waals surface area contributed by atoms with Crippen LogP contribution >= 0.6 is 0 Å². The van der Waals surface area contributed by atoms with Crippen LogP contribution in [0.2, 0.25) is 0 Å². The van der Waals surface area contributed by atoms with E-state index in [0.717, 1.165) is 18.2 Å². The van der Waals surface area contributed by atoms with Crippen LogP contribution < -0.4 is 10.1 Å². The molecule has 1 N–H and O–H groups in total. The second-order valence-corrected chi connectivity index (χ2v) is 6.54. The van der Waals surface area contributed by atoms with Crippen molar-refractivity contribution in [1.82, 2.24) is 9.78 Å². The summed E-state index contributed by atoms with van der Waals surface area (Å²) in [5.74, 6) is -1.01. The summed E-state index contributed by atoms with van der Waals surface area (Å²) in [7, 11) is 1.46. The number of carbonyl (C=O) groups is 1. The van der Waals surface area contributed by atoms with E-state index in [1.165, 1.54) is 42.3 Å². The third-order valence-electron chi connectivity index (χ3n) is 4.43. The van der Waals surface area contributed by atoms with Gasteiger partial charge in [-0.25, -0.2) is 9.07 Å². The maximum atomic E-state index is 13.2. The topological polar surface area (TPSA) is 65.4 Å². The van der Waals surface area contributed by atoms with Crippen molar-refractivity contribution in [3.8, 4) is 11.4 Å². The van der Waals surface area contributed by atoms with Crippen LogP contribution in [0.25, 0.3) is 5.69 Å². The number of carbonyl (C=O) groups excluding carboxylic acids is 1. The molecule has 164 valence electrons. The van der Waals surface area contributed by atoms with Gasteiger partial charge >= 0.3 is 6.18 Å². The monoisotopic (exact) mass is 437 g/mol. The summed E-state index contributed by atoms with van der Waals surface area (Å²) in [6, 6.07) is 8.31. The molecule has 3 aromatic rings. The number of alkyl halides is 3. The van der Waals surface area contributed by atoms with E-state index in [1.54, 1.807) is 6.92 Å². The molecular formula is C21H19F4N3O3. The number of halogens is 4. The highest BCUT2D eigenvalue weighted by atomic mass is 19.4. The maximum absolute atomic E-state index is 13.2. The van der Waals surface area contributed by atoms with Crippen molar-refractivity contribution in [3.05, 3.63) is 71.3 Å². The molecule has 0 atom stereocenters. The molecule has 3 rings (SSSR count). The van der Waals surface area contributed by atoms with E-state index < -0.39 is 23.5 Å². The van der Waals surface area contributed by atoms with Gasteiger partial charge < -0.3 is 14.8 Å². The largest absolute Gasteiger partial charge is 0.489 e. The van der Waals surface area contributed by atoms with Crippen molar-refractivity contribution in [2.75, 3.05) is 25.6 Å². The average Bonchev–Trinajstić information content (AvgIpc) is 3.10. The summed E-state index contributed by atoms with van der Waals surface area (Å²) in [4.78, 5) is 12.8. The molecule has 1 amide bonds. The minimum absolute atomic E-state index is 0.0713. The standard InChI is InChI=1S/C21H19F4N3O3/c1-13-17(12-26-28(13)16-6-4-15(22)5-7-16)20(29)27-18-11-14(21(23,24)25)3-8-19(18)31-10-9-30-2/h3-8,11-12H,9-10H2,1-2H3,(H,27,29). The molecule has 0 aliphatic carbocycles. The van der Waals surface area contributed by atoms with E-state index in [-0.39, 0.29) is 30.2 Å². The van der Waals surface area contributed by atoms with Crippen LogP contribution in [0.3, 0.4) is 0 Å². The number of nitrogens with zero attached hydrogens (tertiary/aromatic N) is 2. The van der Waals surface area contributed by atoms with Crippen molar-refractivity contribution < 1.29 is 31.8 Å². The van der Waals surface area contributed by atoms with E-state index in [1.807, 2.05) is 0 Å². The highest BCUT2D eigenvalue weighted by Gasteiger charge is 2.31. The smallest absolute Gasteiger partial charge is 0.416 e. The first-order valence-corrected chi connectivity index (χ1v) is 9.15. The van der Waals surface area contributed by atoms with Gasteiger partial charge in [0, 0.05) is 7.11 Å². The van der Waals surface area contributed by atoms with Crippen molar-refractivity contribution >= 4 is 11.6 Å². The molecule has 31 heavy (non-hydrogen) atoms. The van der Waals surface area contributed by atoms with Crippen molar-refractivity contribution in [3.63, 3.8) is 0 Å². The molecule has 0 spiro atoms. The number of aromatic nitrogens is 2. The van der Waals surface area contributed by atoms with Gasteiger partial charge in [0.15, 0.2) is 0 Å². The Morgan fingerprint density at radius 2 is 1.84 bits per heavy atom. The zero-order valence-corrected chi connectivity index (χ0v) is 16.7. The molecule has 0 aliphatic rings. The summed E-state index contributed by atoms with van der Waals surface area (Å²) in [6.07, 6.45) is -3.30. The summed E-state index contributed by atoms with van der Waals surface area (Å²) in [5, 5.41) is 6.59. The zero-order chi connectivity index (χ0) is 22.6. The Morgan fingerprint density at radius 3 is 2.48 bits per heavy atom. The lowest BCUT2D eigenvalue weighted by atomic mass is 10.1. The minimum atomic E-state index is -4.59. The molecule has 2 aromatic carbocycles. The Balaban J connectivity index is 1.89. The van der Waals surface area contributed by atoms with Gasteiger partial charge in [0.25, 0.3) is 5.91 Å². The molecule has 0 bridgehead atoms. The number of ether oxygens (including phenoxy) is 2. The van der Waals surface area contributed by atoms with Crippen molar-refractivity contribution in [2.45, 2.75) is 13.1 Å². The normalized spacial score (nSPS) is 11.4. The van der Waals surface area contributed by atoms with Crippen molar-refractivity contribution in [2.24, 2.45) is 0 Å². The SMILES string of the molecule is COCCOc1ccc(C(F)(F)F)cc1NC(=O)c1cnn(-c2ccc(F)cc2)c1C. The van der Waals surface area contributed by atoms with Gasteiger partial charge in [0.1, 0.15) is 18.2 Å². The Hall–Kier alpha value is -3.40. The number of rotatable bonds is 7. The molecular weight excluding hydrogens is 418 g/mol. The lowest BCUT2D eigenvalue weighted by Crippen LogP contribution is -2.16. The second-order valence-electron chi connectivity index (χ2n) is 6.54. The predicted molar refractivity (Wildman–Crippen MR) is 105 cm³/mol. The number of hydrogen-bond acceptors (Lipinski definition) is 4. The molecule has 0 aliphatic heterocycles. The predicted octanol–water partition coefficient (Wildman–Crippen LogP) is 4.62. The van der Waals surface area contributed by atoms with E-state index >= 15 is 0 Å². The van der Waals surface area contributed by atoms with Gasteiger partial charge in [-0.2, -0.15) is 18.3 Å². The fraction of sp³-hybridized carbons (Fsp3) is 0.238. The third kappa shape index (κ3) is 5.21. The molecule has 1 aromatic heterocycles. The van der Waals surface area contributed by atoms with Gasteiger partial charge in [-0.05, 0) is 49.4 Å². The average molecular weight is 437 g/mol. The number of amides is 1. The summed E-state index contributed by atoms with van der Waals surface area (Å²) < 4.78 is 64.3. The molecule has 6 nitrogen and oxygen atoms in total. The van der Waals surface area contributed by atoms with E-state index in [0.29, 0.717) is 11.4 Å². The second kappa shape index (κ2) is 9.17. The highest BCUT2D eigenvalue weighted by molar-refractivity contribution is 6.05. The Morgan fingerprint density at radius 1 is 1.13 bits per heavy atom. The molecule has 1 heterocycles. The van der Waals surface area contributed by atoms with Crippen LogP contribution in [0, 0.1) is 12.7 Å². The van der Waals surface area contributed by atoms with E-state index in [2.05, 4.69) is 10.4 Å². The Kier molecular flexibility index (Phi) is 6.59. The summed E-state index contributed by atoms with van der Waals surface area (Å²) >= 11 is 0. The van der Waals surface area contributed by atoms with Gasteiger partial charge in [0.2, 0.25) is 0 Å². The number of methoxy groups -OCH3 is 1. The van der Waals surface area contributed by atoms with Crippen LogP contribution in [0.5, 0.6) is 5.75 Å². The number of benzene rings is 2. The van der Waals surface area contributed by atoms with Crippen LogP contribution in [-0.2, 0) is 10.9 Å². The first kappa shape index (κ1) is 22.3. The Bertz CT molecular complexity index is 1060. The first-order valence-electron chi connectivity index (χ1n) is 9.15. The quantitative estimate of drug-likeness (QED) is 0.433. The summed E-state index contributed by atoms with van der Waals surface area (Å²) in [6.45, 7) is 1.93. The summed E-state index contributed by atoms with van der Waals surface area (Å²) in [5.41, 5.74) is 0.0357. The van der Waals surface area contributed by atoms with Gasteiger partial charge in [0.05, 0.1) is 41.0 Å². The minimum Gasteiger partial charge on any atom is -0.489 e. The van der Waals surface area contributed by atoms with Crippen LogP contribution in [0.1, 0.15) is 21.6 Å². The molecule has 0 radical (unpaired) electrons. The lowest BCUT2D eigenvalue weighted by Gasteiger charge is -2.15. The molecule has 0 unspecified atom stereocenters. The number of anilines is 1. The molecule has 0 fully saturated rings. The van der Waals surface area contributed by atoms with Crippen LogP contribution in [0.15, 0.2) is 48.7 Å². The fourth-order valence-electron chi connectivity index (χ4n) is 2.83. The lowest BCUT2D eigenvalue weighted by molar-refractivity contribution is -0.137. The van der Waals surface area contributed by atoms with E-state index in [9.17, 15) is 22.4 Å². The Labute approximate surface area is 175 Å². The zero-order valence-electron chi connectivity index (χ0n) is 16.7. The van der Waals surface area contributed by atoms with Crippen molar-refractivity contribution in [1.29, 1.82) is 0 Å². The van der Waals surface area contributed by atoms with Crippen LogP contribution in [-0.4, -0.2) is 36.0 Å².